The smallest absolute Gasteiger partial charge is 0.249 e. The van der Waals surface area contributed by atoms with Crippen LogP contribution in [0.2, 0.25) is 0 Å². The summed E-state index contributed by atoms with van der Waals surface area (Å²) in [5.41, 5.74) is 3.13. The summed E-state index contributed by atoms with van der Waals surface area (Å²) in [6, 6.07) is 7.42. The third-order valence-electron chi connectivity index (χ3n) is 2.04. The lowest BCUT2D eigenvalue weighted by atomic mass is 10.2. The van der Waals surface area contributed by atoms with Crippen LogP contribution in [-0.2, 0) is 9.59 Å². The molecule has 0 atom stereocenters. The quantitative estimate of drug-likeness (QED) is 0.361. The number of nitrogens with zero attached hydrogens (tertiary/aromatic N) is 1. The Morgan fingerprint density at radius 1 is 1.26 bits per heavy atom. The molecule has 0 aromatic heterocycles. The van der Waals surface area contributed by atoms with Crippen molar-refractivity contribution in [3.63, 3.8) is 0 Å². The molecule has 6 heteroatoms. The van der Waals surface area contributed by atoms with E-state index in [4.69, 9.17) is 0 Å². The summed E-state index contributed by atoms with van der Waals surface area (Å²) in [6.45, 7) is 3.80. The molecule has 0 radical (unpaired) electrons. The Morgan fingerprint density at radius 2 is 1.95 bits per heavy atom. The van der Waals surface area contributed by atoms with Crippen LogP contribution < -0.4 is 10.7 Å². The molecule has 0 aliphatic heterocycles. The van der Waals surface area contributed by atoms with Gasteiger partial charge in [-0.05, 0) is 17.7 Å². The zero-order valence-corrected chi connectivity index (χ0v) is 11.8. The van der Waals surface area contributed by atoms with Gasteiger partial charge in [-0.1, -0.05) is 34.1 Å². The second-order valence-electron chi connectivity index (χ2n) is 3.61. The van der Waals surface area contributed by atoms with E-state index in [0.717, 1.165) is 10.0 Å². The van der Waals surface area contributed by atoms with Crippen LogP contribution in [0.15, 0.2) is 46.5 Å². The van der Waals surface area contributed by atoms with Crippen molar-refractivity contribution in [2.45, 2.75) is 6.42 Å². The minimum absolute atomic E-state index is 0.258. The fourth-order valence-corrected chi connectivity index (χ4v) is 1.43. The SMILES string of the molecule is C=CCNC(=O)CC(=O)N/N=C\c1ccc(Br)cc1. The van der Waals surface area contributed by atoms with Crippen molar-refractivity contribution < 1.29 is 9.59 Å². The highest BCUT2D eigenvalue weighted by atomic mass is 79.9. The Morgan fingerprint density at radius 3 is 2.58 bits per heavy atom. The molecule has 0 aliphatic rings. The first-order valence-electron chi connectivity index (χ1n) is 5.57. The Balaban J connectivity index is 2.35. The first-order valence-corrected chi connectivity index (χ1v) is 6.36. The van der Waals surface area contributed by atoms with Gasteiger partial charge in [0.25, 0.3) is 0 Å². The number of carbonyl (C=O) groups is 2. The predicted octanol–water partition coefficient (Wildman–Crippen LogP) is 1.59. The standard InChI is InChI=1S/C13H14BrN3O2/c1-2-7-15-12(18)8-13(19)17-16-9-10-3-5-11(14)6-4-10/h2-6,9H,1,7-8H2,(H,15,18)(H,17,19)/b16-9-. The molecular weight excluding hydrogens is 310 g/mol. The van der Waals surface area contributed by atoms with Gasteiger partial charge in [-0.25, -0.2) is 5.43 Å². The Labute approximate surface area is 119 Å². The van der Waals surface area contributed by atoms with Crippen LogP contribution >= 0.6 is 15.9 Å². The predicted molar refractivity (Wildman–Crippen MR) is 77.7 cm³/mol. The molecule has 2 amide bonds. The zero-order chi connectivity index (χ0) is 14.1. The highest BCUT2D eigenvalue weighted by molar-refractivity contribution is 9.10. The lowest BCUT2D eigenvalue weighted by molar-refractivity contribution is -0.129. The molecule has 0 bridgehead atoms. The topological polar surface area (TPSA) is 70.6 Å². The maximum Gasteiger partial charge on any atom is 0.249 e. The minimum atomic E-state index is -0.463. The summed E-state index contributed by atoms with van der Waals surface area (Å²) in [6.07, 6.45) is 2.79. The van der Waals surface area contributed by atoms with Gasteiger partial charge in [0, 0.05) is 11.0 Å². The molecule has 0 fully saturated rings. The van der Waals surface area contributed by atoms with Crippen molar-refractivity contribution in [2.75, 3.05) is 6.54 Å². The molecule has 1 rings (SSSR count). The van der Waals surface area contributed by atoms with E-state index >= 15 is 0 Å². The van der Waals surface area contributed by atoms with Gasteiger partial charge in [-0.2, -0.15) is 5.10 Å². The van der Waals surface area contributed by atoms with Crippen LogP contribution in [0.25, 0.3) is 0 Å². The third-order valence-corrected chi connectivity index (χ3v) is 2.57. The molecule has 1 aromatic rings. The van der Waals surface area contributed by atoms with Gasteiger partial charge in [0.05, 0.1) is 6.21 Å². The summed E-state index contributed by atoms with van der Waals surface area (Å²) < 4.78 is 0.965. The normalized spacial score (nSPS) is 10.2. The largest absolute Gasteiger partial charge is 0.352 e. The average molecular weight is 324 g/mol. The van der Waals surface area contributed by atoms with E-state index < -0.39 is 5.91 Å². The molecule has 0 spiro atoms. The van der Waals surface area contributed by atoms with Crippen LogP contribution in [0.3, 0.4) is 0 Å². The van der Waals surface area contributed by atoms with Gasteiger partial charge in [-0.15, -0.1) is 6.58 Å². The first-order chi connectivity index (χ1) is 9.11. The van der Waals surface area contributed by atoms with Crippen molar-refractivity contribution in [3.05, 3.63) is 47.0 Å². The van der Waals surface area contributed by atoms with Crippen LogP contribution in [-0.4, -0.2) is 24.6 Å². The number of carbonyl (C=O) groups excluding carboxylic acids is 2. The van der Waals surface area contributed by atoms with E-state index in [9.17, 15) is 9.59 Å². The molecule has 19 heavy (non-hydrogen) atoms. The lowest BCUT2D eigenvalue weighted by Gasteiger charge is -2.01. The number of halogens is 1. The van der Waals surface area contributed by atoms with E-state index in [1.807, 2.05) is 24.3 Å². The number of hydrazone groups is 1. The number of amides is 2. The summed E-state index contributed by atoms with van der Waals surface area (Å²) >= 11 is 3.32. The van der Waals surface area contributed by atoms with Gasteiger partial charge in [0.1, 0.15) is 6.42 Å². The molecule has 2 N–H and O–H groups in total. The van der Waals surface area contributed by atoms with Crippen molar-refractivity contribution >= 4 is 34.0 Å². The van der Waals surface area contributed by atoms with Gasteiger partial charge in [-0.3, -0.25) is 9.59 Å². The maximum atomic E-state index is 11.3. The summed E-state index contributed by atoms with van der Waals surface area (Å²) in [4.78, 5) is 22.5. The van der Waals surface area contributed by atoms with Crippen LogP contribution in [0, 0.1) is 0 Å². The second-order valence-corrected chi connectivity index (χ2v) is 4.53. The van der Waals surface area contributed by atoms with Gasteiger partial charge < -0.3 is 5.32 Å². The number of hydrogen-bond acceptors (Lipinski definition) is 3. The Hall–Kier alpha value is -1.95. The molecule has 1 aromatic carbocycles. The lowest BCUT2D eigenvalue weighted by Crippen LogP contribution is -2.29. The van der Waals surface area contributed by atoms with E-state index in [1.54, 1.807) is 6.08 Å². The monoisotopic (exact) mass is 323 g/mol. The molecule has 0 unspecified atom stereocenters. The summed E-state index contributed by atoms with van der Waals surface area (Å²) in [5, 5.41) is 6.27. The van der Waals surface area contributed by atoms with Crippen molar-refractivity contribution in [1.82, 2.24) is 10.7 Å². The van der Waals surface area contributed by atoms with Crippen molar-refractivity contribution in [3.8, 4) is 0 Å². The van der Waals surface area contributed by atoms with Crippen molar-refractivity contribution in [1.29, 1.82) is 0 Å². The van der Waals surface area contributed by atoms with E-state index in [1.165, 1.54) is 6.21 Å². The number of rotatable bonds is 6. The Kier molecular flexibility index (Phi) is 6.52. The van der Waals surface area contributed by atoms with E-state index in [0.29, 0.717) is 6.54 Å². The number of nitrogens with one attached hydrogen (secondary N) is 2. The molecule has 0 aliphatic carbocycles. The highest BCUT2D eigenvalue weighted by Crippen LogP contribution is 2.08. The molecule has 5 nitrogen and oxygen atoms in total. The first kappa shape index (κ1) is 15.1. The van der Waals surface area contributed by atoms with Crippen LogP contribution in [0.5, 0.6) is 0 Å². The van der Waals surface area contributed by atoms with Gasteiger partial charge in [0.15, 0.2) is 0 Å². The molecule has 0 saturated carbocycles. The fraction of sp³-hybridized carbons (Fsp3) is 0.154. The molecular formula is C13H14BrN3O2. The Bertz CT molecular complexity index is 483. The molecule has 100 valence electrons. The molecule has 0 heterocycles. The summed E-state index contributed by atoms with van der Waals surface area (Å²) in [5.74, 6) is -0.828. The maximum absolute atomic E-state index is 11.3. The van der Waals surface area contributed by atoms with Crippen molar-refractivity contribution in [2.24, 2.45) is 5.10 Å². The number of benzene rings is 1. The zero-order valence-electron chi connectivity index (χ0n) is 10.2. The average Bonchev–Trinajstić information content (AvgIpc) is 2.38. The van der Waals surface area contributed by atoms with Crippen LogP contribution in [0.4, 0.5) is 0 Å². The fourth-order valence-electron chi connectivity index (χ4n) is 1.16. The van der Waals surface area contributed by atoms with E-state index in [-0.39, 0.29) is 12.3 Å². The third kappa shape index (κ3) is 6.52. The number of hydrogen-bond donors (Lipinski definition) is 2. The molecule has 0 saturated heterocycles. The second kappa shape index (κ2) is 8.20. The van der Waals surface area contributed by atoms with Gasteiger partial charge in [0.2, 0.25) is 11.8 Å². The summed E-state index contributed by atoms with van der Waals surface area (Å²) in [7, 11) is 0. The van der Waals surface area contributed by atoms with Crippen LogP contribution in [0.1, 0.15) is 12.0 Å². The van der Waals surface area contributed by atoms with Gasteiger partial charge >= 0.3 is 0 Å². The minimum Gasteiger partial charge on any atom is -0.352 e. The highest BCUT2D eigenvalue weighted by Gasteiger charge is 2.06. The van der Waals surface area contributed by atoms with E-state index in [2.05, 4.69) is 38.4 Å².